The lowest BCUT2D eigenvalue weighted by molar-refractivity contribution is 0.461. The molecular formula is C13H19BrN2. The highest BCUT2D eigenvalue weighted by molar-refractivity contribution is 9.10. The summed E-state index contributed by atoms with van der Waals surface area (Å²) in [5, 5.41) is 3.47. The first kappa shape index (κ1) is 11.9. The zero-order chi connectivity index (χ0) is 11.5. The van der Waals surface area contributed by atoms with Gasteiger partial charge in [0.05, 0.1) is 5.69 Å². The van der Waals surface area contributed by atoms with Crippen LogP contribution in [0.3, 0.4) is 0 Å². The lowest BCUT2D eigenvalue weighted by Crippen LogP contribution is -2.28. The molecule has 88 valence electrons. The van der Waals surface area contributed by atoms with Crippen molar-refractivity contribution in [2.24, 2.45) is 0 Å². The van der Waals surface area contributed by atoms with E-state index in [0.29, 0.717) is 5.92 Å². The van der Waals surface area contributed by atoms with E-state index in [1.807, 2.05) is 0 Å². The van der Waals surface area contributed by atoms with E-state index in [1.54, 1.807) is 0 Å². The van der Waals surface area contributed by atoms with Crippen LogP contribution < -0.4 is 10.2 Å². The van der Waals surface area contributed by atoms with Crippen LogP contribution in [0.4, 0.5) is 5.69 Å². The summed E-state index contributed by atoms with van der Waals surface area (Å²) >= 11 is 3.60. The maximum Gasteiger partial charge on any atom is 0.0508 e. The number of hydrogen-bond acceptors (Lipinski definition) is 2. The molecule has 0 amide bonds. The molecule has 1 saturated heterocycles. The van der Waals surface area contributed by atoms with Crippen LogP contribution in [-0.4, -0.2) is 27.2 Å². The van der Waals surface area contributed by atoms with Gasteiger partial charge in [-0.15, -0.1) is 0 Å². The predicted molar refractivity (Wildman–Crippen MR) is 73.3 cm³/mol. The molecule has 1 aliphatic heterocycles. The number of rotatable bonds is 2. The molecule has 1 unspecified atom stereocenters. The van der Waals surface area contributed by atoms with Gasteiger partial charge >= 0.3 is 0 Å². The van der Waals surface area contributed by atoms with E-state index in [-0.39, 0.29) is 0 Å². The average Bonchev–Trinajstić information content (AvgIpc) is 2.30. The minimum absolute atomic E-state index is 0.681. The van der Waals surface area contributed by atoms with Crippen molar-refractivity contribution in [3.63, 3.8) is 0 Å². The third kappa shape index (κ3) is 2.58. The topological polar surface area (TPSA) is 15.3 Å². The number of hydrogen-bond donors (Lipinski definition) is 1. The molecule has 16 heavy (non-hydrogen) atoms. The predicted octanol–water partition coefficient (Wildman–Crippen LogP) is 2.98. The molecule has 1 heterocycles. The Bertz CT molecular complexity index is 357. The van der Waals surface area contributed by atoms with Crippen LogP contribution in [0.15, 0.2) is 22.7 Å². The molecule has 3 heteroatoms. The van der Waals surface area contributed by atoms with Gasteiger partial charge in [-0.05, 0) is 58.9 Å². The average molecular weight is 283 g/mol. The van der Waals surface area contributed by atoms with Gasteiger partial charge in [0.25, 0.3) is 0 Å². The largest absolute Gasteiger partial charge is 0.377 e. The molecule has 0 bridgehead atoms. The Hall–Kier alpha value is -0.540. The van der Waals surface area contributed by atoms with Crippen molar-refractivity contribution in [2.75, 3.05) is 32.1 Å². The molecule has 2 nitrogen and oxygen atoms in total. The van der Waals surface area contributed by atoms with Crippen molar-refractivity contribution in [3.8, 4) is 0 Å². The number of nitrogens with one attached hydrogen (secondary N) is 1. The second-order valence-corrected chi connectivity index (χ2v) is 5.50. The number of piperidine rings is 1. The molecule has 1 aromatic carbocycles. The number of halogens is 1. The summed E-state index contributed by atoms with van der Waals surface area (Å²) in [7, 11) is 4.17. The van der Waals surface area contributed by atoms with E-state index >= 15 is 0 Å². The van der Waals surface area contributed by atoms with E-state index in [2.05, 4.69) is 58.4 Å². The highest BCUT2D eigenvalue weighted by atomic mass is 79.9. The first-order valence-corrected chi connectivity index (χ1v) is 6.65. The fourth-order valence-corrected chi connectivity index (χ4v) is 2.86. The van der Waals surface area contributed by atoms with Gasteiger partial charge in [0.15, 0.2) is 0 Å². The molecule has 0 saturated carbocycles. The number of anilines is 1. The number of nitrogens with zero attached hydrogens (tertiary/aromatic N) is 1. The SMILES string of the molecule is CN(C)c1cc(C2CCCNC2)ccc1Br. The van der Waals surface area contributed by atoms with Crippen molar-refractivity contribution in [2.45, 2.75) is 18.8 Å². The van der Waals surface area contributed by atoms with Gasteiger partial charge in [-0.2, -0.15) is 0 Å². The zero-order valence-electron chi connectivity index (χ0n) is 9.96. The molecule has 1 aliphatic rings. The second-order valence-electron chi connectivity index (χ2n) is 4.65. The maximum atomic E-state index is 3.60. The monoisotopic (exact) mass is 282 g/mol. The normalized spacial score (nSPS) is 20.8. The van der Waals surface area contributed by atoms with E-state index in [0.717, 1.165) is 6.54 Å². The molecule has 1 fully saturated rings. The Balaban J connectivity index is 2.24. The van der Waals surface area contributed by atoms with Gasteiger partial charge < -0.3 is 10.2 Å². The molecule has 1 aromatic rings. The molecule has 2 rings (SSSR count). The van der Waals surface area contributed by atoms with Crippen LogP contribution in [0, 0.1) is 0 Å². The van der Waals surface area contributed by atoms with Gasteiger partial charge in [-0.25, -0.2) is 0 Å². The summed E-state index contributed by atoms with van der Waals surface area (Å²) < 4.78 is 1.17. The Morgan fingerprint density at radius 2 is 2.19 bits per heavy atom. The van der Waals surface area contributed by atoms with Crippen LogP contribution in [0.2, 0.25) is 0 Å². The fourth-order valence-electron chi connectivity index (χ4n) is 2.26. The third-order valence-electron chi connectivity index (χ3n) is 3.22. The first-order chi connectivity index (χ1) is 7.68. The van der Waals surface area contributed by atoms with E-state index < -0.39 is 0 Å². The van der Waals surface area contributed by atoms with Crippen LogP contribution in [-0.2, 0) is 0 Å². The van der Waals surface area contributed by atoms with E-state index in [1.165, 1.54) is 35.1 Å². The Morgan fingerprint density at radius 1 is 1.38 bits per heavy atom. The van der Waals surface area contributed by atoms with Crippen molar-refractivity contribution < 1.29 is 0 Å². The summed E-state index contributed by atoms with van der Waals surface area (Å²) in [6.45, 7) is 2.29. The van der Waals surface area contributed by atoms with Crippen LogP contribution in [0.1, 0.15) is 24.3 Å². The molecule has 1 atom stereocenters. The quantitative estimate of drug-likeness (QED) is 0.897. The standard InChI is InChI=1S/C13H19BrN2/c1-16(2)13-8-10(5-6-12(13)14)11-4-3-7-15-9-11/h5-6,8,11,15H,3-4,7,9H2,1-2H3. The summed E-state index contributed by atoms with van der Waals surface area (Å²) in [4.78, 5) is 2.16. The fraction of sp³-hybridized carbons (Fsp3) is 0.538. The van der Waals surface area contributed by atoms with Crippen molar-refractivity contribution in [3.05, 3.63) is 28.2 Å². The maximum absolute atomic E-state index is 3.60. The van der Waals surface area contributed by atoms with Gasteiger partial charge in [0, 0.05) is 25.1 Å². The lowest BCUT2D eigenvalue weighted by Gasteiger charge is -2.25. The molecule has 0 spiro atoms. The Kier molecular flexibility index (Phi) is 3.87. The smallest absolute Gasteiger partial charge is 0.0508 e. The van der Waals surface area contributed by atoms with Crippen LogP contribution >= 0.6 is 15.9 Å². The minimum atomic E-state index is 0.681. The lowest BCUT2D eigenvalue weighted by atomic mass is 9.91. The third-order valence-corrected chi connectivity index (χ3v) is 3.89. The highest BCUT2D eigenvalue weighted by Crippen LogP contribution is 2.31. The summed E-state index contributed by atoms with van der Waals surface area (Å²) in [5.74, 6) is 0.681. The molecular weight excluding hydrogens is 264 g/mol. The molecule has 0 radical (unpaired) electrons. The second kappa shape index (κ2) is 5.19. The van der Waals surface area contributed by atoms with Gasteiger partial charge in [0.2, 0.25) is 0 Å². The summed E-state index contributed by atoms with van der Waals surface area (Å²) in [6, 6.07) is 6.72. The van der Waals surface area contributed by atoms with Crippen LogP contribution in [0.25, 0.3) is 0 Å². The van der Waals surface area contributed by atoms with Gasteiger partial charge in [-0.3, -0.25) is 0 Å². The Labute approximate surface area is 106 Å². The zero-order valence-corrected chi connectivity index (χ0v) is 11.5. The Morgan fingerprint density at radius 3 is 2.81 bits per heavy atom. The van der Waals surface area contributed by atoms with Crippen molar-refractivity contribution >= 4 is 21.6 Å². The van der Waals surface area contributed by atoms with Crippen LogP contribution in [0.5, 0.6) is 0 Å². The van der Waals surface area contributed by atoms with Gasteiger partial charge in [-0.1, -0.05) is 6.07 Å². The first-order valence-electron chi connectivity index (χ1n) is 5.86. The van der Waals surface area contributed by atoms with E-state index in [4.69, 9.17) is 0 Å². The van der Waals surface area contributed by atoms with Gasteiger partial charge in [0.1, 0.15) is 0 Å². The van der Waals surface area contributed by atoms with E-state index in [9.17, 15) is 0 Å². The van der Waals surface area contributed by atoms with Crippen molar-refractivity contribution in [1.29, 1.82) is 0 Å². The molecule has 1 N–H and O–H groups in total. The molecule has 0 aliphatic carbocycles. The summed E-state index contributed by atoms with van der Waals surface area (Å²) in [6.07, 6.45) is 2.60. The van der Waals surface area contributed by atoms with Crippen molar-refractivity contribution in [1.82, 2.24) is 5.32 Å². The molecule has 0 aromatic heterocycles. The number of benzene rings is 1. The highest BCUT2D eigenvalue weighted by Gasteiger charge is 2.16. The summed E-state index contributed by atoms with van der Waals surface area (Å²) in [5.41, 5.74) is 2.72. The minimum Gasteiger partial charge on any atom is -0.377 e.